The molecule has 5 heteroatoms. The molecule has 0 aliphatic heterocycles. The molecule has 0 atom stereocenters. The van der Waals surface area contributed by atoms with Crippen LogP contribution in [0, 0.1) is 0 Å². The SMILES string of the molecule is CCCC(N)=NC1(C(F)(F)F)CC1. The van der Waals surface area contributed by atoms with E-state index in [9.17, 15) is 13.2 Å². The second kappa shape index (κ2) is 3.20. The van der Waals surface area contributed by atoms with Crippen LogP contribution in [0.3, 0.4) is 0 Å². The van der Waals surface area contributed by atoms with E-state index >= 15 is 0 Å². The molecule has 0 saturated heterocycles. The van der Waals surface area contributed by atoms with Gasteiger partial charge < -0.3 is 5.73 Å². The Kier molecular flexibility index (Phi) is 2.54. The Labute approximate surface area is 75.0 Å². The van der Waals surface area contributed by atoms with Gasteiger partial charge in [-0.15, -0.1) is 0 Å². The van der Waals surface area contributed by atoms with E-state index in [1.54, 1.807) is 0 Å². The minimum atomic E-state index is -4.23. The van der Waals surface area contributed by atoms with E-state index in [-0.39, 0.29) is 18.7 Å². The van der Waals surface area contributed by atoms with Crippen LogP contribution in [0.25, 0.3) is 0 Å². The Morgan fingerprint density at radius 2 is 2.00 bits per heavy atom. The van der Waals surface area contributed by atoms with Gasteiger partial charge in [0.1, 0.15) is 0 Å². The lowest BCUT2D eigenvalue weighted by Gasteiger charge is -2.15. The number of halogens is 3. The zero-order valence-corrected chi connectivity index (χ0v) is 7.49. The number of alkyl halides is 3. The number of hydrogen-bond acceptors (Lipinski definition) is 1. The fourth-order valence-corrected chi connectivity index (χ4v) is 1.16. The molecule has 0 aromatic rings. The zero-order chi connectivity index (χ0) is 10.1. The van der Waals surface area contributed by atoms with Gasteiger partial charge in [0.05, 0.1) is 5.84 Å². The molecular formula is C8H13F3N2. The quantitative estimate of drug-likeness (QED) is 0.543. The van der Waals surface area contributed by atoms with Gasteiger partial charge in [-0.1, -0.05) is 6.92 Å². The maximum atomic E-state index is 12.3. The predicted octanol–water partition coefficient (Wildman–Crippen LogP) is 2.24. The summed E-state index contributed by atoms with van der Waals surface area (Å²) < 4.78 is 37.0. The Balaban J connectivity index is 2.67. The lowest BCUT2D eigenvalue weighted by molar-refractivity contribution is -0.155. The van der Waals surface area contributed by atoms with E-state index in [0.717, 1.165) is 6.42 Å². The molecule has 1 aliphatic rings. The molecule has 0 heterocycles. The van der Waals surface area contributed by atoms with Crippen molar-refractivity contribution in [3.63, 3.8) is 0 Å². The highest BCUT2D eigenvalue weighted by Gasteiger charge is 2.63. The van der Waals surface area contributed by atoms with Gasteiger partial charge in [-0.25, -0.2) is 0 Å². The van der Waals surface area contributed by atoms with E-state index in [0.29, 0.717) is 6.42 Å². The summed E-state index contributed by atoms with van der Waals surface area (Å²) in [5.41, 5.74) is 3.53. The second-order valence-electron chi connectivity index (χ2n) is 3.38. The number of nitrogens with zero attached hydrogens (tertiary/aromatic N) is 1. The lowest BCUT2D eigenvalue weighted by atomic mass is 10.2. The monoisotopic (exact) mass is 194 g/mol. The first-order chi connectivity index (χ1) is 5.91. The van der Waals surface area contributed by atoms with Crippen LogP contribution in [0.4, 0.5) is 13.2 Å². The third-order valence-electron chi connectivity index (χ3n) is 2.12. The number of hydrogen-bond donors (Lipinski definition) is 1. The van der Waals surface area contributed by atoms with E-state index < -0.39 is 11.7 Å². The predicted molar refractivity (Wildman–Crippen MR) is 44.6 cm³/mol. The van der Waals surface area contributed by atoms with Crippen molar-refractivity contribution < 1.29 is 13.2 Å². The van der Waals surface area contributed by atoms with E-state index in [2.05, 4.69) is 4.99 Å². The van der Waals surface area contributed by atoms with Crippen LogP contribution in [-0.4, -0.2) is 17.6 Å². The molecule has 2 N–H and O–H groups in total. The molecule has 0 amide bonds. The van der Waals surface area contributed by atoms with Gasteiger partial charge >= 0.3 is 6.18 Å². The molecule has 1 aliphatic carbocycles. The lowest BCUT2D eigenvalue weighted by Crippen LogP contribution is -2.31. The third-order valence-corrected chi connectivity index (χ3v) is 2.12. The number of aliphatic imine (C=N–C) groups is 1. The van der Waals surface area contributed by atoms with Gasteiger partial charge in [-0.2, -0.15) is 13.2 Å². The Morgan fingerprint density at radius 3 is 2.31 bits per heavy atom. The van der Waals surface area contributed by atoms with Crippen molar-refractivity contribution in [1.29, 1.82) is 0 Å². The summed E-state index contributed by atoms with van der Waals surface area (Å²) in [5, 5.41) is 0. The Morgan fingerprint density at radius 1 is 1.46 bits per heavy atom. The third kappa shape index (κ3) is 2.14. The number of rotatable bonds is 3. The van der Waals surface area contributed by atoms with Crippen LogP contribution in [0.1, 0.15) is 32.6 Å². The second-order valence-corrected chi connectivity index (χ2v) is 3.38. The minimum absolute atomic E-state index is 0.0842. The molecular weight excluding hydrogens is 181 g/mol. The number of amidine groups is 1. The Hall–Kier alpha value is -0.740. The summed E-state index contributed by atoms with van der Waals surface area (Å²) in [6, 6.07) is 0. The van der Waals surface area contributed by atoms with Crippen molar-refractivity contribution in [2.45, 2.75) is 44.3 Å². The maximum absolute atomic E-state index is 12.3. The van der Waals surface area contributed by atoms with Crippen LogP contribution >= 0.6 is 0 Å². The topological polar surface area (TPSA) is 38.4 Å². The van der Waals surface area contributed by atoms with Gasteiger partial charge in [0, 0.05) is 6.42 Å². The summed E-state index contributed by atoms with van der Waals surface area (Å²) in [5.74, 6) is 0.123. The standard InChI is InChI=1S/C8H13F3N2/c1-2-3-6(12)13-7(4-5-7)8(9,10)11/h2-5H2,1H3,(H2,12,13). The summed E-state index contributed by atoms with van der Waals surface area (Å²) in [4.78, 5) is 3.55. The highest BCUT2D eigenvalue weighted by atomic mass is 19.4. The molecule has 0 bridgehead atoms. The van der Waals surface area contributed by atoms with Gasteiger partial charge in [0.25, 0.3) is 0 Å². The van der Waals surface area contributed by atoms with Crippen LogP contribution in [-0.2, 0) is 0 Å². The molecule has 0 aromatic carbocycles. The van der Waals surface area contributed by atoms with Gasteiger partial charge in [-0.3, -0.25) is 4.99 Å². The molecule has 0 radical (unpaired) electrons. The molecule has 1 saturated carbocycles. The minimum Gasteiger partial charge on any atom is -0.387 e. The highest BCUT2D eigenvalue weighted by molar-refractivity contribution is 5.81. The summed E-state index contributed by atoms with van der Waals surface area (Å²) >= 11 is 0. The van der Waals surface area contributed by atoms with Crippen LogP contribution < -0.4 is 5.73 Å². The summed E-state index contributed by atoms with van der Waals surface area (Å²) in [6.45, 7) is 1.86. The molecule has 13 heavy (non-hydrogen) atoms. The van der Waals surface area contributed by atoms with Gasteiger partial charge in [-0.05, 0) is 19.3 Å². The van der Waals surface area contributed by atoms with Crippen molar-refractivity contribution in [1.82, 2.24) is 0 Å². The molecule has 1 fully saturated rings. The average Bonchev–Trinajstić information content (AvgIpc) is 2.67. The Bertz CT molecular complexity index is 216. The van der Waals surface area contributed by atoms with Gasteiger partial charge in [0.15, 0.2) is 5.54 Å². The van der Waals surface area contributed by atoms with E-state index in [1.807, 2.05) is 6.92 Å². The van der Waals surface area contributed by atoms with Crippen molar-refractivity contribution in [2.24, 2.45) is 10.7 Å². The average molecular weight is 194 g/mol. The first-order valence-electron chi connectivity index (χ1n) is 4.32. The van der Waals surface area contributed by atoms with Crippen LogP contribution in [0.15, 0.2) is 4.99 Å². The van der Waals surface area contributed by atoms with Crippen LogP contribution in [0.2, 0.25) is 0 Å². The van der Waals surface area contributed by atoms with Crippen molar-refractivity contribution in [2.75, 3.05) is 0 Å². The first-order valence-corrected chi connectivity index (χ1v) is 4.32. The van der Waals surface area contributed by atoms with Crippen molar-refractivity contribution in [3.05, 3.63) is 0 Å². The summed E-state index contributed by atoms with van der Waals surface area (Å²) in [7, 11) is 0. The zero-order valence-electron chi connectivity index (χ0n) is 7.49. The fourth-order valence-electron chi connectivity index (χ4n) is 1.16. The maximum Gasteiger partial charge on any atom is 0.413 e. The highest BCUT2D eigenvalue weighted by Crippen LogP contribution is 2.52. The van der Waals surface area contributed by atoms with Crippen molar-refractivity contribution >= 4 is 5.84 Å². The number of nitrogens with two attached hydrogens (primary N) is 1. The van der Waals surface area contributed by atoms with Crippen molar-refractivity contribution in [3.8, 4) is 0 Å². The first kappa shape index (κ1) is 10.3. The molecule has 76 valence electrons. The van der Waals surface area contributed by atoms with E-state index in [1.165, 1.54) is 0 Å². The molecule has 1 rings (SSSR count). The molecule has 0 spiro atoms. The smallest absolute Gasteiger partial charge is 0.387 e. The van der Waals surface area contributed by atoms with Crippen LogP contribution in [0.5, 0.6) is 0 Å². The molecule has 0 aromatic heterocycles. The van der Waals surface area contributed by atoms with Gasteiger partial charge in [0.2, 0.25) is 0 Å². The molecule has 2 nitrogen and oxygen atoms in total. The summed E-state index contributed by atoms with van der Waals surface area (Å²) in [6.07, 6.45) is -2.89. The molecule has 0 unspecified atom stereocenters. The fraction of sp³-hybridized carbons (Fsp3) is 0.875. The van der Waals surface area contributed by atoms with E-state index in [4.69, 9.17) is 5.73 Å². The largest absolute Gasteiger partial charge is 0.413 e. The normalized spacial score (nSPS) is 21.7.